The Kier molecular flexibility index (Phi) is 3.73. The van der Waals surface area contributed by atoms with E-state index in [-0.39, 0.29) is 0 Å². The zero-order chi connectivity index (χ0) is 9.97. The van der Waals surface area contributed by atoms with Crippen LogP contribution in [0.1, 0.15) is 45.4 Å². The highest BCUT2D eigenvalue weighted by molar-refractivity contribution is 6.20. The standard InChI is InChI=1S/C12H22ClN/c1-10(13)11-6-8-14(9-7-11)12-4-2-3-5-12/h10-12H,2-9H2,1H3. The summed E-state index contributed by atoms with van der Waals surface area (Å²) in [4.78, 5) is 2.71. The van der Waals surface area contributed by atoms with Gasteiger partial charge in [-0.1, -0.05) is 12.8 Å². The Morgan fingerprint density at radius 3 is 2.14 bits per heavy atom. The van der Waals surface area contributed by atoms with Crippen LogP contribution in [0.15, 0.2) is 0 Å². The topological polar surface area (TPSA) is 3.24 Å². The summed E-state index contributed by atoms with van der Waals surface area (Å²) in [5, 5.41) is 0.376. The first-order valence-electron chi connectivity index (χ1n) is 6.15. The van der Waals surface area contributed by atoms with Crippen molar-refractivity contribution in [3.8, 4) is 0 Å². The van der Waals surface area contributed by atoms with Crippen LogP contribution < -0.4 is 0 Å². The summed E-state index contributed by atoms with van der Waals surface area (Å²) in [6.07, 6.45) is 8.44. The van der Waals surface area contributed by atoms with Crippen LogP contribution in [0.3, 0.4) is 0 Å². The summed E-state index contributed by atoms with van der Waals surface area (Å²) in [6.45, 7) is 4.75. The quantitative estimate of drug-likeness (QED) is 0.640. The summed E-state index contributed by atoms with van der Waals surface area (Å²) in [5.41, 5.74) is 0. The van der Waals surface area contributed by atoms with E-state index in [1.165, 1.54) is 51.6 Å². The van der Waals surface area contributed by atoms with Gasteiger partial charge in [-0.2, -0.15) is 0 Å². The van der Waals surface area contributed by atoms with Gasteiger partial charge in [0.1, 0.15) is 0 Å². The van der Waals surface area contributed by atoms with Crippen molar-refractivity contribution in [1.29, 1.82) is 0 Å². The van der Waals surface area contributed by atoms with Gasteiger partial charge in [0.25, 0.3) is 0 Å². The first-order chi connectivity index (χ1) is 6.77. The molecule has 1 saturated heterocycles. The molecule has 2 heteroatoms. The Hall–Kier alpha value is 0.250. The Morgan fingerprint density at radius 1 is 1.07 bits per heavy atom. The highest BCUT2D eigenvalue weighted by atomic mass is 35.5. The van der Waals surface area contributed by atoms with Crippen molar-refractivity contribution in [3.63, 3.8) is 0 Å². The van der Waals surface area contributed by atoms with Gasteiger partial charge in [0, 0.05) is 11.4 Å². The number of halogens is 1. The number of likely N-dealkylation sites (tertiary alicyclic amines) is 1. The molecule has 0 radical (unpaired) electrons. The molecule has 0 aromatic carbocycles. The molecule has 2 aliphatic rings. The van der Waals surface area contributed by atoms with E-state index in [0.717, 1.165) is 12.0 Å². The SMILES string of the molecule is CC(Cl)C1CCN(C2CCCC2)CC1. The van der Waals surface area contributed by atoms with Gasteiger partial charge in [0.2, 0.25) is 0 Å². The molecular formula is C12H22ClN. The molecule has 0 bridgehead atoms. The molecule has 1 atom stereocenters. The molecular weight excluding hydrogens is 194 g/mol. The maximum atomic E-state index is 6.15. The zero-order valence-corrected chi connectivity index (χ0v) is 9.97. The Bertz CT molecular complexity index is 167. The van der Waals surface area contributed by atoms with Crippen LogP contribution in [-0.4, -0.2) is 29.4 Å². The predicted octanol–water partition coefficient (Wildman–Crippen LogP) is 3.27. The van der Waals surface area contributed by atoms with Crippen molar-refractivity contribution in [1.82, 2.24) is 4.90 Å². The summed E-state index contributed by atoms with van der Waals surface area (Å²) in [7, 11) is 0. The van der Waals surface area contributed by atoms with Crippen molar-refractivity contribution < 1.29 is 0 Å². The van der Waals surface area contributed by atoms with Gasteiger partial charge in [0.05, 0.1) is 0 Å². The number of alkyl halides is 1. The van der Waals surface area contributed by atoms with Gasteiger partial charge in [-0.25, -0.2) is 0 Å². The largest absolute Gasteiger partial charge is 0.300 e. The van der Waals surface area contributed by atoms with Crippen LogP contribution in [0.2, 0.25) is 0 Å². The maximum absolute atomic E-state index is 6.15. The van der Waals surface area contributed by atoms with Crippen LogP contribution >= 0.6 is 11.6 Å². The van der Waals surface area contributed by atoms with E-state index in [1.807, 2.05) is 0 Å². The second kappa shape index (κ2) is 4.85. The average molecular weight is 216 g/mol. The number of hydrogen-bond acceptors (Lipinski definition) is 1. The lowest BCUT2D eigenvalue weighted by atomic mass is 9.93. The van der Waals surface area contributed by atoms with Crippen molar-refractivity contribution in [3.05, 3.63) is 0 Å². The van der Waals surface area contributed by atoms with E-state index < -0.39 is 0 Å². The lowest BCUT2D eigenvalue weighted by Crippen LogP contribution is -2.41. The summed E-state index contributed by atoms with van der Waals surface area (Å²) in [5.74, 6) is 0.773. The highest BCUT2D eigenvalue weighted by Crippen LogP contribution is 2.29. The molecule has 1 nitrogen and oxygen atoms in total. The van der Waals surface area contributed by atoms with Crippen LogP contribution in [0.25, 0.3) is 0 Å². The fourth-order valence-corrected chi connectivity index (χ4v) is 3.27. The van der Waals surface area contributed by atoms with E-state index >= 15 is 0 Å². The van der Waals surface area contributed by atoms with Crippen LogP contribution in [0, 0.1) is 5.92 Å². The lowest BCUT2D eigenvalue weighted by molar-refractivity contribution is 0.134. The lowest BCUT2D eigenvalue weighted by Gasteiger charge is -2.36. The van der Waals surface area contributed by atoms with Gasteiger partial charge in [-0.05, 0) is 51.6 Å². The Labute approximate surface area is 92.8 Å². The van der Waals surface area contributed by atoms with Crippen molar-refractivity contribution in [2.75, 3.05) is 13.1 Å². The van der Waals surface area contributed by atoms with E-state index in [2.05, 4.69) is 11.8 Å². The first-order valence-corrected chi connectivity index (χ1v) is 6.59. The number of piperidine rings is 1. The summed E-state index contributed by atoms with van der Waals surface area (Å²) in [6, 6.07) is 0.918. The van der Waals surface area contributed by atoms with E-state index in [9.17, 15) is 0 Å². The second-order valence-electron chi connectivity index (χ2n) is 4.99. The van der Waals surface area contributed by atoms with E-state index in [4.69, 9.17) is 11.6 Å². The van der Waals surface area contributed by atoms with Crippen LogP contribution in [-0.2, 0) is 0 Å². The third-order valence-corrected chi connectivity index (χ3v) is 4.42. The molecule has 1 unspecified atom stereocenters. The molecule has 1 heterocycles. The predicted molar refractivity (Wildman–Crippen MR) is 61.9 cm³/mol. The minimum atomic E-state index is 0.376. The smallest absolute Gasteiger partial charge is 0.0337 e. The third kappa shape index (κ3) is 2.43. The molecule has 1 saturated carbocycles. The summed E-state index contributed by atoms with van der Waals surface area (Å²) < 4.78 is 0. The van der Waals surface area contributed by atoms with Gasteiger partial charge in [0.15, 0.2) is 0 Å². The van der Waals surface area contributed by atoms with Crippen LogP contribution in [0.4, 0.5) is 0 Å². The van der Waals surface area contributed by atoms with E-state index in [0.29, 0.717) is 5.38 Å². The van der Waals surface area contributed by atoms with Crippen molar-refractivity contribution >= 4 is 11.6 Å². The normalized spacial score (nSPS) is 29.6. The first kappa shape index (κ1) is 10.8. The third-order valence-electron chi connectivity index (χ3n) is 4.06. The molecule has 0 aromatic heterocycles. The second-order valence-corrected chi connectivity index (χ2v) is 5.68. The van der Waals surface area contributed by atoms with Crippen molar-refractivity contribution in [2.45, 2.75) is 56.9 Å². The molecule has 0 aromatic rings. The number of nitrogens with zero attached hydrogens (tertiary/aromatic N) is 1. The molecule has 0 amide bonds. The van der Waals surface area contributed by atoms with Gasteiger partial charge in [-0.3, -0.25) is 0 Å². The van der Waals surface area contributed by atoms with Crippen LogP contribution in [0.5, 0.6) is 0 Å². The average Bonchev–Trinajstić information content (AvgIpc) is 2.71. The van der Waals surface area contributed by atoms with E-state index in [1.54, 1.807) is 0 Å². The highest BCUT2D eigenvalue weighted by Gasteiger charge is 2.28. The molecule has 0 spiro atoms. The zero-order valence-electron chi connectivity index (χ0n) is 9.21. The number of hydrogen-bond donors (Lipinski definition) is 0. The molecule has 82 valence electrons. The minimum absolute atomic E-state index is 0.376. The maximum Gasteiger partial charge on any atom is 0.0337 e. The molecule has 1 aliphatic carbocycles. The number of rotatable bonds is 2. The van der Waals surface area contributed by atoms with Gasteiger partial charge in [-0.15, -0.1) is 11.6 Å². The molecule has 1 aliphatic heterocycles. The molecule has 0 N–H and O–H groups in total. The monoisotopic (exact) mass is 215 g/mol. The molecule has 2 rings (SSSR count). The van der Waals surface area contributed by atoms with Crippen molar-refractivity contribution in [2.24, 2.45) is 5.92 Å². The minimum Gasteiger partial charge on any atom is -0.300 e. The summed E-state index contributed by atoms with van der Waals surface area (Å²) >= 11 is 6.15. The fourth-order valence-electron chi connectivity index (χ4n) is 3.01. The fraction of sp³-hybridized carbons (Fsp3) is 1.00. The van der Waals surface area contributed by atoms with Gasteiger partial charge >= 0.3 is 0 Å². The Morgan fingerprint density at radius 2 is 1.64 bits per heavy atom. The molecule has 2 fully saturated rings. The van der Waals surface area contributed by atoms with Gasteiger partial charge < -0.3 is 4.90 Å². The molecule has 14 heavy (non-hydrogen) atoms. The Balaban J connectivity index is 1.77.